The van der Waals surface area contributed by atoms with Crippen LogP contribution in [0.4, 0.5) is 5.95 Å². The molecule has 1 saturated carbocycles. The number of carbonyl (C=O) groups is 1. The Morgan fingerprint density at radius 2 is 1.88 bits per heavy atom. The van der Waals surface area contributed by atoms with Crippen molar-refractivity contribution in [3.05, 3.63) is 48.0 Å². The number of hydrogen-bond donors (Lipinski definition) is 1. The van der Waals surface area contributed by atoms with E-state index in [2.05, 4.69) is 63.3 Å². The lowest BCUT2D eigenvalue weighted by molar-refractivity contribution is -0.117. The van der Waals surface area contributed by atoms with Gasteiger partial charge in [-0.2, -0.15) is 4.98 Å². The summed E-state index contributed by atoms with van der Waals surface area (Å²) < 4.78 is 1.81. The second-order valence-corrected chi connectivity index (χ2v) is 8.98. The second kappa shape index (κ2) is 9.00. The molecule has 1 N–H and O–H groups in total. The van der Waals surface area contributed by atoms with E-state index < -0.39 is 0 Å². The summed E-state index contributed by atoms with van der Waals surface area (Å²) in [6, 6.07) is 15.4. The maximum Gasteiger partial charge on any atom is 0.249 e. The molecule has 1 aliphatic heterocycles. The lowest BCUT2D eigenvalue weighted by Crippen LogP contribution is -2.37. The highest BCUT2D eigenvalue weighted by atomic mass is 16.2. The Balaban J connectivity index is 1.28. The molecule has 7 heteroatoms. The Hall–Kier alpha value is -2.77. The third kappa shape index (κ3) is 4.40. The first-order valence-corrected chi connectivity index (χ1v) is 11.9. The van der Waals surface area contributed by atoms with Crippen molar-refractivity contribution in [1.29, 1.82) is 0 Å². The van der Waals surface area contributed by atoms with Crippen LogP contribution >= 0.6 is 0 Å². The van der Waals surface area contributed by atoms with E-state index in [0.29, 0.717) is 12.0 Å². The number of hydrogen-bond acceptors (Lipinski definition) is 5. The van der Waals surface area contributed by atoms with Gasteiger partial charge in [0.15, 0.2) is 5.65 Å². The Morgan fingerprint density at radius 1 is 1.09 bits per heavy atom. The summed E-state index contributed by atoms with van der Waals surface area (Å²) >= 11 is 0. The number of likely N-dealkylation sites (tertiary alicyclic amines) is 1. The summed E-state index contributed by atoms with van der Waals surface area (Å²) in [6.45, 7) is 10.1. The average Bonchev–Trinajstić information content (AvgIpc) is 3.43. The Morgan fingerprint density at radius 3 is 2.59 bits per heavy atom. The normalized spacial score (nSPS) is 19.2. The molecule has 3 aromatic rings. The van der Waals surface area contributed by atoms with E-state index >= 15 is 0 Å². The van der Waals surface area contributed by atoms with Crippen molar-refractivity contribution < 1.29 is 4.79 Å². The molecule has 3 heterocycles. The van der Waals surface area contributed by atoms with E-state index in [9.17, 15) is 4.79 Å². The van der Waals surface area contributed by atoms with Crippen molar-refractivity contribution >= 4 is 17.5 Å². The summed E-state index contributed by atoms with van der Waals surface area (Å²) in [5, 5.41) is 7.40. The zero-order valence-electron chi connectivity index (χ0n) is 19.0. The van der Waals surface area contributed by atoms with Crippen LogP contribution in [0, 0.1) is 5.92 Å². The largest absolute Gasteiger partial charge is 0.300 e. The molecule has 1 amide bonds. The number of rotatable bonds is 8. The molecular formula is C25H32N6O. The molecule has 7 nitrogen and oxygen atoms in total. The fourth-order valence-corrected chi connectivity index (χ4v) is 4.77. The minimum Gasteiger partial charge on any atom is -0.300 e. The molecule has 1 atom stereocenters. The second-order valence-electron chi connectivity index (χ2n) is 8.98. The molecule has 0 bridgehead atoms. The van der Waals surface area contributed by atoms with E-state index in [1.165, 1.54) is 12.0 Å². The number of aromatic nitrogens is 3. The lowest BCUT2D eigenvalue weighted by Gasteiger charge is -2.26. The fraction of sp³-hybridized carbons (Fsp3) is 0.480. The first kappa shape index (κ1) is 21.1. The number of nitrogens with zero attached hydrogens (tertiary/aromatic N) is 5. The predicted octanol–water partition coefficient (Wildman–Crippen LogP) is 3.66. The molecule has 5 rings (SSSR count). The Bertz CT molecular complexity index is 1080. The van der Waals surface area contributed by atoms with Crippen molar-refractivity contribution in [2.75, 3.05) is 31.5 Å². The standard InChI is InChI=1S/C25H32N6O/c1-3-30(4-2)21-14-15-29(17-21)16-18-8-10-19(11-9-18)22-6-5-7-23-26-25(28-31(22)23)27-24(32)20-12-13-20/h5-11,20-21H,3-4,12-17H2,1-2H3,(H,27,28,32). The monoisotopic (exact) mass is 432 g/mol. The van der Waals surface area contributed by atoms with Crippen LogP contribution in [-0.4, -0.2) is 62.5 Å². The van der Waals surface area contributed by atoms with Gasteiger partial charge in [-0.3, -0.25) is 19.9 Å². The SMILES string of the molecule is CCN(CC)C1CCN(Cc2ccc(-c3cccc4nc(NC(=O)C5CC5)nn34)cc2)C1. The van der Waals surface area contributed by atoms with Gasteiger partial charge in [0, 0.05) is 37.2 Å². The van der Waals surface area contributed by atoms with Crippen LogP contribution in [0.5, 0.6) is 0 Å². The average molecular weight is 433 g/mol. The molecule has 1 unspecified atom stereocenters. The number of nitrogens with one attached hydrogen (secondary N) is 1. The van der Waals surface area contributed by atoms with Gasteiger partial charge in [0.05, 0.1) is 5.69 Å². The number of likely N-dealkylation sites (N-methyl/N-ethyl adjacent to an activating group) is 1. The van der Waals surface area contributed by atoms with E-state index in [1.807, 2.05) is 22.7 Å². The molecule has 1 saturated heterocycles. The first-order valence-electron chi connectivity index (χ1n) is 11.9. The van der Waals surface area contributed by atoms with Crippen molar-refractivity contribution in [1.82, 2.24) is 24.4 Å². The van der Waals surface area contributed by atoms with Crippen molar-refractivity contribution in [2.24, 2.45) is 5.92 Å². The molecule has 1 aromatic carbocycles. The zero-order chi connectivity index (χ0) is 22.1. The van der Waals surface area contributed by atoms with Gasteiger partial charge in [0.2, 0.25) is 11.9 Å². The zero-order valence-corrected chi connectivity index (χ0v) is 19.0. The number of pyridine rings is 1. The molecule has 2 aromatic heterocycles. The smallest absolute Gasteiger partial charge is 0.249 e. The highest BCUT2D eigenvalue weighted by Crippen LogP contribution is 2.30. The van der Waals surface area contributed by atoms with Gasteiger partial charge in [0.1, 0.15) is 0 Å². The Labute approximate surface area is 189 Å². The van der Waals surface area contributed by atoms with Crippen LogP contribution in [0.25, 0.3) is 16.9 Å². The topological polar surface area (TPSA) is 65.8 Å². The lowest BCUT2D eigenvalue weighted by atomic mass is 10.1. The van der Waals surface area contributed by atoms with Gasteiger partial charge in [0.25, 0.3) is 0 Å². The van der Waals surface area contributed by atoms with Crippen LogP contribution in [0.15, 0.2) is 42.5 Å². The van der Waals surface area contributed by atoms with Gasteiger partial charge < -0.3 is 0 Å². The van der Waals surface area contributed by atoms with Crippen LogP contribution < -0.4 is 5.32 Å². The van der Waals surface area contributed by atoms with Crippen LogP contribution in [0.1, 0.15) is 38.7 Å². The van der Waals surface area contributed by atoms with Crippen LogP contribution in [0.2, 0.25) is 0 Å². The Kier molecular flexibility index (Phi) is 5.93. The third-order valence-electron chi connectivity index (χ3n) is 6.78. The number of fused-ring (bicyclic) bond motifs is 1. The maximum absolute atomic E-state index is 12.1. The summed E-state index contributed by atoms with van der Waals surface area (Å²) in [6.07, 6.45) is 3.18. The maximum atomic E-state index is 12.1. The number of anilines is 1. The van der Waals surface area contributed by atoms with E-state index in [1.54, 1.807) is 0 Å². The van der Waals surface area contributed by atoms with Gasteiger partial charge >= 0.3 is 0 Å². The summed E-state index contributed by atoms with van der Waals surface area (Å²) in [5.74, 6) is 0.534. The molecule has 1 aliphatic carbocycles. The van der Waals surface area contributed by atoms with Crippen LogP contribution in [-0.2, 0) is 11.3 Å². The molecule has 0 spiro atoms. The molecule has 32 heavy (non-hydrogen) atoms. The minimum atomic E-state index is 0.0250. The summed E-state index contributed by atoms with van der Waals surface area (Å²) in [7, 11) is 0. The number of amides is 1. The van der Waals surface area contributed by atoms with Gasteiger partial charge in [-0.25, -0.2) is 4.52 Å². The molecule has 0 radical (unpaired) electrons. The number of benzene rings is 1. The molecule has 2 aliphatic rings. The third-order valence-corrected chi connectivity index (χ3v) is 6.78. The van der Waals surface area contributed by atoms with Gasteiger partial charge in [-0.1, -0.05) is 44.2 Å². The fourth-order valence-electron chi connectivity index (χ4n) is 4.77. The summed E-state index contributed by atoms with van der Waals surface area (Å²) in [4.78, 5) is 21.7. The highest BCUT2D eigenvalue weighted by Gasteiger charge is 2.30. The van der Waals surface area contributed by atoms with Crippen molar-refractivity contribution in [3.8, 4) is 11.3 Å². The predicted molar refractivity (Wildman–Crippen MR) is 126 cm³/mol. The van der Waals surface area contributed by atoms with E-state index in [-0.39, 0.29) is 11.8 Å². The van der Waals surface area contributed by atoms with Crippen LogP contribution in [0.3, 0.4) is 0 Å². The number of carbonyl (C=O) groups excluding carboxylic acids is 1. The molecular weight excluding hydrogens is 400 g/mol. The summed E-state index contributed by atoms with van der Waals surface area (Å²) in [5.41, 5.74) is 4.12. The quantitative estimate of drug-likeness (QED) is 0.588. The van der Waals surface area contributed by atoms with Gasteiger partial charge in [-0.15, -0.1) is 5.10 Å². The highest BCUT2D eigenvalue weighted by molar-refractivity contribution is 5.92. The van der Waals surface area contributed by atoms with Crippen molar-refractivity contribution in [3.63, 3.8) is 0 Å². The van der Waals surface area contributed by atoms with E-state index in [0.717, 1.165) is 62.5 Å². The minimum absolute atomic E-state index is 0.0250. The van der Waals surface area contributed by atoms with Crippen molar-refractivity contribution in [2.45, 2.75) is 45.7 Å². The molecule has 2 fully saturated rings. The molecule has 168 valence electrons. The van der Waals surface area contributed by atoms with Gasteiger partial charge in [-0.05, 0) is 50.0 Å². The first-order chi connectivity index (χ1) is 15.6. The van der Waals surface area contributed by atoms with E-state index in [4.69, 9.17) is 0 Å².